The molecule has 6 nitrogen and oxygen atoms in total. The van der Waals surface area contributed by atoms with Gasteiger partial charge in [0.25, 0.3) is 0 Å². The Kier molecular flexibility index (Phi) is 7.07. The molecule has 0 unspecified atom stereocenters. The van der Waals surface area contributed by atoms with Crippen LogP contribution in [-0.4, -0.2) is 56.8 Å². The van der Waals surface area contributed by atoms with Crippen LogP contribution in [0.3, 0.4) is 0 Å². The van der Waals surface area contributed by atoms with Crippen molar-refractivity contribution in [2.75, 3.05) is 19.7 Å². The number of hydrogen-bond donors (Lipinski definition) is 2. The molecule has 1 aromatic heterocycles. The zero-order chi connectivity index (χ0) is 23.4. The molecule has 3 aromatic rings. The summed E-state index contributed by atoms with van der Waals surface area (Å²) in [6.45, 7) is 0.162. The quantitative estimate of drug-likeness (QED) is 0.533. The second-order valence-corrected chi connectivity index (χ2v) is 8.77. The minimum absolute atomic E-state index is 0.0862. The second kappa shape index (κ2) is 9.99. The van der Waals surface area contributed by atoms with Crippen molar-refractivity contribution in [2.24, 2.45) is 5.92 Å². The zero-order valence-corrected chi connectivity index (χ0v) is 18.6. The average Bonchev–Trinajstić information content (AvgIpc) is 3.31. The lowest BCUT2D eigenvalue weighted by Gasteiger charge is -2.39. The number of hydrogen-bond acceptors (Lipinski definition) is 5. The molecule has 1 aliphatic rings. The van der Waals surface area contributed by atoms with E-state index in [1.165, 1.54) is 0 Å². The minimum Gasteiger partial charge on any atom is -0.434 e. The number of halogens is 2. The van der Waals surface area contributed by atoms with E-state index in [9.17, 15) is 19.0 Å². The number of aliphatic hydroxyl groups excluding tert-OH is 1. The first-order valence-corrected chi connectivity index (χ1v) is 11.1. The van der Waals surface area contributed by atoms with E-state index >= 15 is 0 Å². The van der Waals surface area contributed by atoms with Gasteiger partial charge >= 0.3 is 6.61 Å². The normalized spacial score (nSPS) is 18.9. The smallest absolute Gasteiger partial charge is 0.387 e. The number of benzene rings is 2. The summed E-state index contributed by atoms with van der Waals surface area (Å²) in [6.07, 6.45) is 3.50. The summed E-state index contributed by atoms with van der Waals surface area (Å²) >= 11 is 0. The number of piperidine rings is 1. The molecule has 0 amide bonds. The van der Waals surface area contributed by atoms with Crippen LogP contribution in [-0.2, 0) is 6.54 Å². The molecule has 0 spiro atoms. The molecule has 2 N–H and O–H groups in total. The first-order valence-electron chi connectivity index (χ1n) is 11.1. The van der Waals surface area contributed by atoms with Crippen LogP contribution in [0.15, 0.2) is 60.8 Å². The molecule has 176 valence electrons. The Labute approximate surface area is 192 Å². The van der Waals surface area contributed by atoms with Gasteiger partial charge in [-0.2, -0.15) is 13.9 Å². The van der Waals surface area contributed by atoms with E-state index in [0.29, 0.717) is 29.9 Å². The standard InChI is InChI=1S/C25H29F2N3O3/c1-25(32,17-31)20-6-5-12-29(16-20)15-19-10-9-18(14-23(19)33-24(26)27)22-11-13-30(28-22)21-7-3-2-4-8-21/h2-4,7-11,13-14,20,24,31-32H,5-6,12,15-17H2,1H3/t20-,25+/m0/s1. The van der Waals surface area contributed by atoms with Crippen molar-refractivity contribution >= 4 is 0 Å². The monoisotopic (exact) mass is 457 g/mol. The molecule has 2 atom stereocenters. The summed E-state index contributed by atoms with van der Waals surface area (Å²) in [5.74, 6) is 0.0322. The number of para-hydroxylation sites is 1. The number of alkyl halides is 2. The van der Waals surface area contributed by atoms with Gasteiger partial charge in [-0.3, -0.25) is 4.90 Å². The molecule has 1 aliphatic heterocycles. The molecule has 33 heavy (non-hydrogen) atoms. The van der Waals surface area contributed by atoms with Crippen LogP contribution >= 0.6 is 0 Å². The Hall–Kier alpha value is -2.81. The molecule has 8 heteroatoms. The van der Waals surface area contributed by atoms with Crippen LogP contribution in [0.1, 0.15) is 25.3 Å². The third kappa shape index (κ3) is 5.58. The molecule has 0 saturated carbocycles. The number of aromatic nitrogens is 2. The van der Waals surface area contributed by atoms with Gasteiger partial charge in [-0.25, -0.2) is 4.68 Å². The lowest BCUT2D eigenvalue weighted by atomic mass is 9.83. The number of likely N-dealkylation sites (tertiary alicyclic amines) is 1. The predicted octanol–water partition coefficient (Wildman–Crippen LogP) is 4.10. The lowest BCUT2D eigenvalue weighted by molar-refractivity contribution is -0.0702. The predicted molar refractivity (Wildman–Crippen MR) is 121 cm³/mol. The molecule has 2 heterocycles. The van der Waals surface area contributed by atoms with Crippen LogP contribution < -0.4 is 4.74 Å². The summed E-state index contributed by atoms with van der Waals surface area (Å²) < 4.78 is 33.0. The Balaban J connectivity index is 1.55. The number of aliphatic hydroxyl groups is 2. The molecule has 0 aliphatic carbocycles. The molecular formula is C25H29F2N3O3. The van der Waals surface area contributed by atoms with Crippen molar-refractivity contribution in [1.82, 2.24) is 14.7 Å². The summed E-state index contributed by atoms with van der Waals surface area (Å²) in [4.78, 5) is 2.11. The minimum atomic E-state index is -2.94. The van der Waals surface area contributed by atoms with E-state index in [1.807, 2.05) is 48.7 Å². The molecule has 1 saturated heterocycles. The van der Waals surface area contributed by atoms with Crippen molar-refractivity contribution in [3.8, 4) is 22.7 Å². The van der Waals surface area contributed by atoms with E-state index < -0.39 is 12.2 Å². The highest BCUT2D eigenvalue weighted by Gasteiger charge is 2.34. The molecule has 2 aromatic carbocycles. The van der Waals surface area contributed by atoms with Crippen molar-refractivity contribution in [2.45, 2.75) is 38.5 Å². The van der Waals surface area contributed by atoms with Crippen LogP contribution in [0, 0.1) is 5.92 Å². The highest BCUT2D eigenvalue weighted by Crippen LogP contribution is 2.32. The van der Waals surface area contributed by atoms with Gasteiger partial charge in [0, 0.05) is 36.3 Å². The summed E-state index contributed by atoms with van der Waals surface area (Å²) in [5, 5.41) is 24.5. The number of rotatable bonds is 8. The molecule has 0 bridgehead atoms. The van der Waals surface area contributed by atoms with E-state index in [0.717, 1.165) is 25.1 Å². The molecular weight excluding hydrogens is 428 g/mol. The van der Waals surface area contributed by atoms with Gasteiger partial charge in [0.2, 0.25) is 0 Å². The first-order chi connectivity index (χ1) is 15.9. The maximum Gasteiger partial charge on any atom is 0.387 e. The van der Waals surface area contributed by atoms with Crippen LogP contribution in [0.2, 0.25) is 0 Å². The van der Waals surface area contributed by atoms with Gasteiger partial charge in [-0.1, -0.05) is 30.3 Å². The van der Waals surface area contributed by atoms with E-state index in [2.05, 4.69) is 10.00 Å². The fourth-order valence-electron chi connectivity index (χ4n) is 4.33. The third-order valence-corrected chi connectivity index (χ3v) is 6.29. The fourth-order valence-corrected chi connectivity index (χ4v) is 4.33. The van der Waals surface area contributed by atoms with E-state index in [-0.39, 0.29) is 18.3 Å². The van der Waals surface area contributed by atoms with Gasteiger partial charge in [0.15, 0.2) is 0 Å². The van der Waals surface area contributed by atoms with Crippen molar-refractivity contribution in [1.29, 1.82) is 0 Å². The fraction of sp³-hybridized carbons (Fsp3) is 0.400. The van der Waals surface area contributed by atoms with Gasteiger partial charge in [0.05, 0.1) is 23.6 Å². The summed E-state index contributed by atoms with van der Waals surface area (Å²) in [6, 6.07) is 16.7. The highest BCUT2D eigenvalue weighted by atomic mass is 19.3. The first kappa shape index (κ1) is 23.4. The number of ether oxygens (including phenoxy) is 1. The maximum atomic E-state index is 13.2. The lowest BCUT2D eigenvalue weighted by Crippen LogP contribution is -2.47. The van der Waals surface area contributed by atoms with Crippen LogP contribution in [0.4, 0.5) is 8.78 Å². The average molecular weight is 458 g/mol. The zero-order valence-electron chi connectivity index (χ0n) is 18.6. The van der Waals surface area contributed by atoms with Crippen LogP contribution in [0.5, 0.6) is 5.75 Å². The summed E-state index contributed by atoms with van der Waals surface area (Å²) in [5.41, 5.74) is 1.72. The van der Waals surface area contributed by atoms with Crippen molar-refractivity contribution in [3.63, 3.8) is 0 Å². The van der Waals surface area contributed by atoms with Crippen molar-refractivity contribution in [3.05, 3.63) is 66.4 Å². The third-order valence-electron chi connectivity index (χ3n) is 6.29. The number of nitrogens with zero attached hydrogens (tertiary/aromatic N) is 3. The maximum absolute atomic E-state index is 13.2. The van der Waals surface area contributed by atoms with Gasteiger partial charge < -0.3 is 14.9 Å². The van der Waals surface area contributed by atoms with Crippen LogP contribution in [0.25, 0.3) is 16.9 Å². The SMILES string of the molecule is C[C@@](O)(CO)[C@H]1CCCN(Cc2ccc(-c3ccn(-c4ccccc4)n3)cc2OC(F)F)C1. The molecule has 4 rings (SSSR count). The Morgan fingerprint density at radius 2 is 1.97 bits per heavy atom. The summed E-state index contributed by atoms with van der Waals surface area (Å²) in [7, 11) is 0. The highest BCUT2D eigenvalue weighted by molar-refractivity contribution is 5.62. The van der Waals surface area contributed by atoms with E-state index in [4.69, 9.17) is 4.74 Å². The topological polar surface area (TPSA) is 70.8 Å². The Bertz CT molecular complexity index is 1060. The van der Waals surface area contributed by atoms with Gasteiger partial charge in [-0.05, 0) is 50.6 Å². The molecule has 1 fully saturated rings. The Morgan fingerprint density at radius 3 is 2.70 bits per heavy atom. The van der Waals surface area contributed by atoms with E-state index in [1.54, 1.807) is 23.7 Å². The van der Waals surface area contributed by atoms with Crippen molar-refractivity contribution < 1.29 is 23.7 Å². The van der Waals surface area contributed by atoms with Gasteiger partial charge in [-0.15, -0.1) is 0 Å². The van der Waals surface area contributed by atoms with Gasteiger partial charge in [0.1, 0.15) is 5.75 Å². The molecule has 0 radical (unpaired) electrons. The second-order valence-electron chi connectivity index (χ2n) is 8.77. The largest absolute Gasteiger partial charge is 0.434 e. The Morgan fingerprint density at radius 1 is 1.18 bits per heavy atom.